The van der Waals surface area contributed by atoms with Crippen LogP contribution in [0.1, 0.15) is 25.6 Å². The zero-order valence-corrected chi connectivity index (χ0v) is 11.4. The molecule has 1 nitrogen and oxygen atoms in total. The molecule has 0 spiro atoms. The topological polar surface area (TPSA) is 12.0 Å². The molecule has 0 saturated heterocycles. The molecule has 0 bridgehead atoms. The minimum absolute atomic E-state index is 0.592. The molecule has 2 atom stereocenters. The number of rotatable bonds is 5. The van der Waals surface area contributed by atoms with Crippen molar-refractivity contribution >= 4 is 27.3 Å². The fraction of sp³-hybridized carbons (Fsp3) is 0.636. The van der Waals surface area contributed by atoms with Crippen molar-refractivity contribution in [1.29, 1.82) is 0 Å². The molecular formula is C11H18BrNS. The standard InChI is InChI=1S/C11H18BrNS/c1-4-13-9(3)8(2)7-11-10(12)5-6-14-11/h5-6,8-9,13H,4,7H2,1-3H3. The van der Waals surface area contributed by atoms with Crippen LogP contribution in [0.5, 0.6) is 0 Å². The summed E-state index contributed by atoms with van der Waals surface area (Å²) in [6, 6.07) is 2.72. The lowest BCUT2D eigenvalue weighted by atomic mass is 9.99. The first-order valence-electron chi connectivity index (χ1n) is 5.10. The summed E-state index contributed by atoms with van der Waals surface area (Å²) in [5.41, 5.74) is 0. The summed E-state index contributed by atoms with van der Waals surface area (Å²) in [5.74, 6) is 0.685. The summed E-state index contributed by atoms with van der Waals surface area (Å²) in [6.07, 6.45) is 1.16. The van der Waals surface area contributed by atoms with Crippen molar-refractivity contribution in [3.63, 3.8) is 0 Å². The zero-order valence-electron chi connectivity index (χ0n) is 9.01. The Morgan fingerprint density at radius 3 is 2.71 bits per heavy atom. The van der Waals surface area contributed by atoms with Crippen LogP contribution in [0, 0.1) is 5.92 Å². The number of nitrogens with one attached hydrogen (secondary N) is 1. The van der Waals surface area contributed by atoms with Gasteiger partial charge >= 0.3 is 0 Å². The maximum atomic E-state index is 3.57. The van der Waals surface area contributed by atoms with Crippen molar-refractivity contribution in [3.05, 3.63) is 20.8 Å². The van der Waals surface area contributed by atoms with Crippen molar-refractivity contribution in [2.24, 2.45) is 5.92 Å². The van der Waals surface area contributed by atoms with Crippen molar-refractivity contribution in [2.45, 2.75) is 33.2 Å². The Hall–Kier alpha value is 0.140. The van der Waals surface area contributed by atoms with E-state index >= 15 is 0 Å². The quantitative estimate of drug-likeness (QED) is 0.865. The van der Waals surface area contributed by atoms with Gasteiger partial charge in [-0.1, -0.05) is 13.8 Å². The molecule has 1 aromatic rings. The molecule has 0 amide bonds. The van der Waals surface area contributed by atoms with Crippen molar-refractivity contribution in [3.8, 4) is 0 Å². The SMILES string of the molecule is CCNC(C)C(C)Cc1sccc1Br. The highest BCUT2D eigenvalue weighted by atomic mass is 79.9. The van der Waals surface area contributed by atoms with Crippen LogP contribution in [-0.4, -0.2) is 12.6 Å². The van der Waals surface area contributed by atoms with E-state index in [1.807, 2.05) is 11.3 Å². The lowest BCUT2D eigenvalue weighted by Crippen LogP contribution is -2.32. The first kappa shape index (κ1) is 12.2. The van der Waals surface area contributed by atoms with Gasteiger partial charge in [-0.25, -0.2) is 0 Å². The van der Waals surface area contributed by atoms with E-state index in [9.17, 15) is 0 Å². The Balaban J connectivity index is 2.48. The molecule has 0 aliphatic heterocycles. The molecule has 1 rings (SSSR count). The molecule has 3 heteroatoms. The number of halogens is 1. The van der Waals surface area contributed by atoms with Gasteiger partial charge < -0.3 is 5.32 Å². The van der Waals surface area contributed by atoms with Crippen LogP contribution in [0.25, 0.3) is 0 Å². The van der Waals surface area contributed by atoms with Gasteiger partial charge in [-0.2, -0.15) is 0 Å². The van der Waals surface area contributed by atoms with Gasteiger partial charge in [0.05, 0.1) is 0 Å². The summed E-state index contributed by atoms with van der Waals surface area (Å²) < 4.78 is 1.26. The van der Waals surface area contributed by atoms with Crippen LogP contribution in [0.2, 0.25) is 0 Å². The third kappa shape index (κ3) is 3.37. The average molecular weight is 276 g/mol. The first-order valence-corrected chi connectivity index (χ1v) is 6.77. The van der Waals surface area contributed by atoms with E-state index in [0.29, 0.717) is 12.0 Å². The van der Waals surface area contributed by atoms with E-state index in [1.165, 1.54) is 9.35 Å². The Morgan fingerprint density at radius 1 is 1.50 bits per heavy atom. The van der Waals surface area contributed by atoms with Crippen molar-refractivity contribution in [2.75, 3.05) is 6.54 Å². The van der Waals surface area contributed by atoms with Gasteiger partial charge in [0.15, 0.2) is 0 Å². The van der Waals surface area contributed by atoms with Gasteiger partial charge in [0.2, 0.25) is 0 Å². The van der Waals surface area contributed by atoms with Gasteiger partial charge in [-0.15, -0.1) is 11.3 Å². The molecule has 1 N–H and O–H groups in total. The second-order valence-corrected chi connectivity index (χ2v) is 5.57. The number of thiophene rings is 1. The second kappa shape index (κ2) is 5.89. The molecule has 14 heavy (non-hydrogen) atoms. The Kier molecular flexibility index (Phi) is 5.13. The minimum atomic E-state index is 0.592. The van der Waals surface area contributed by atoms with Gasteiger partial charge in [-0.05, 0) is 53.2 Å². The highest BCUT2D eigenvalue weighted by Crippen LogP contribution is 2.26. The van der Waals surface area contributed by atoms with Crippen LogP contribution in [-0.2, 0) is 6.42 Å². The van der Waals surface area contributed by atoms with E-state index < -0.39 is 0 Å². The predicted molar refractivity (Wildman–Crippen MR) is 68.0 cm³/mol. The lowest BCUT2D eigenvalue weighted by Gasteiger charge is -2.20. The number of hydrogen-bond donors (Lipinski definition) is 1. The van der Waals surface area contributed by atoms with Crippen LogP contribution < -0.4 is 5.32 Å². The highest BCUT2D eigenvalue weighted by molar-refractivity contribution is 9.10. The molecule has 80 valence electrons. The largest absolute Gasteiger partial charge is 0.314 e. The lowest BCUT2D eigenvalue weighted by molar-refractivity contribution is 0.408. The maximum absolute atomic E-state index is 3.57. The zero-order chi connectivity index (χ0) is 10.6. The molecule has 0 saturated carbocycles. The molecular weight excluding hydrogens is 258 g/mol. The first-order chi connectivity index (χ1) is 6.65. The predicted octanol–water partition coefficient (Wildman–Crippen LogP) is 3.69. The normalized spacial score (nSPS) is 15.4. The number of hydrogen-bond acceptors (Lipinski definition) is 2. The van der Waals surface area contributed by atoms with Gasteiger partial charge in [0.1, 0.15) is 0 Å². The van der Waals surface area contributed by atoms with Crippen molar-refractivity contribution < 1.29 is 0 Å². The van der Waals surface area contributed by atoms with Crippen LogP contribution in [0.15, 0.2) is 15.9 Å². The smallest absolute Gasteiger partial charge is 0.0314 e. The maximum Gasteiger partial charge on any atom is 0.0314 e. The molecule has 1 aromatic heterocycles. The molecule has 2 unspecified atom stereocenters. The van der Waals surface area contributed by atoms with Crippen LogP contribution in [0.3, 0.4) is 0 Å². The Morgan fingerprint density at radius 2 is 2.21 bits per heavy atom. The summed E-state index contributed by atoms with van der Waals surface area (Å²) in [5, 5.41) is 5.61. The molecule has 0 radical (unpaired) electrons. The average Bonchev–Trinajstić information content (AvgIpc) is 2.52. The third-order valence-corrected chi connectivity index (χ3v) is 4.53. The van der Waals surface area contributed by atoms with E-state index in [4.69, 9.17) is 0 Å². The summed E-state index contributed by atoms with van der Waals surface area (Å²) >= 11 is 5.41. The summed E-state index contributed by atoms with van der Waals surface area (Å²) in [7, 11) is 0. The molecule has 0 aliphatic carbocycles. The highest BCUT2D eigenvalue weighted by Gasteiger charge is 2.13. The fourth-order valence-electron chi connectivity index (χ4n) is 1.46. The molecule has 0 aromatic carbocycles. The summed E-state index contributed by atoms with van der Waals surface area (Å²) in [6.45, 7) is 7.77. The molecule has 0 aliphatic rings. The van der Waals surface area contributed by atoms with Gasteiger partial charge in [0, 0.05) is 15.4 Å². The van der Waals surface area contributed by atoms with Gasteiger partial charge in [-0.3, -0.25) is 0 Å². The van der Waals surface area contributed by atoms with Gasteiger partial charge in [0.25, 0.3) is 0 Å². The van der Waals surface area contributed by atoms with Crippen molar-refractivity contribution in [1.82, 2.24) is 5.32 Å². The molecule has 0 fully saturated rings. The second-order valence-electron chi connectivity index (χ2n) is 3.72. The Labute approximate surface area is 99.0 Å². The summed E-state index contributed by atoms with van der Waals surface area (Å²) in [4.78, 5) is 1.46. The van der Waals surface area contributed by atoms with E-state index in [0.717, 1.165) is 13.0 Å². The van der Waals surface area contributed by atoms with Crippen LogP contribution in [0.4, 0.5) is 0 Å². The van der Waals surface area contributed by atoms with E-state index in [1.54, 1.807) is 0 Å². The fourth-order valence-corrected chi connectivity index (χ4v) is 3.12. The third-order valence-electron chi connectivity index (χ3n) is 2.58. The molecule has 1 heterocycles. The monoisotopic (exact) mass is 275 g/mol. The van der Waals surface area contributed by atoms with E-state index in [-0.39, 0.29) is 0 Å². The Bertz CT molecular complexity index is 272. The van der Waals surface area contributed by atoms with E-state index in [2.05, 4.69) is 53.5 Å². The minimum Gasteiger partial charge on any atom is -0.314 e. The van der Waals surface area contributed by atoms with Crippen LogP contribution >= 0.6 is 27.3 Å².